The fraction of sp³-hybridized carbons (Fsp3) is 0.143. The molecule has 3 nitrogen and oxygen atoms in total. The van der Waals surface area contributed by atoms with E-state index in [0.29, 0.717) is 11.1 Å². The van der Waals surface area contributed by atoms with Gasteiger partial charge in [0.1, 0.15) is 0 Å². The number of ether oxygens (including phenoxy) is 1. The monoisotopic (exact) mass is 407 g/mol. The lowest BCUT2D eigenvalue weighted by Gasteiger charge is -2.24. The minimum absolute atomic E-state index is 0.362. The molecule has 0 saturated carbocycles. The summed E-state index contributed by atoms with van der Waals surface area (Å²) in [5.74, 6) is -0.581. The number of pyridine rings is 1. The number of halogens is 4. The number of alkyl halides is 3. The van der Waals surface area contributed by atoms with Gasteiger partial charge >= 0.3 is 5.97 Å². The Balaban J connectivity index is 2.24. The number of aromatic nitrogens is 1. The molecule has 0 saturated heterocycles. The number of carbonyl (C=O) groups excluding carboxylic acids is 1. The first-order valence-electron chi connectivity index (χ1n) is 5.81. The van der Waals surface area contributed by atoms with Gasteiger partial charge in [0.15, 0.2) is 6.10 Å². The predicted octanol–water partition coefficient (Wildman–Crippen LogP) is 5.11. The molecule has 1 atom stereocenters. The van der Waals surface area contributed by atoms with E-state index in [1.807, 2.05) is 0 Å². The molecule has 0 N–H and O–H groups in total. The molecular formula is C14H9BrCl3NO2. The SMILES string of the molecule is O=C(OC(c1cccnc1)C(Cl)(Cl)Cl)c1ccc(Br)cc1. The summed E-state index contributed by atoms with van der Waals surface area (Å²) in [6, 6.07) is 10.0. The Labute approximate surface area is 145 Å². The van der Waals surface area contributed by atoms with Crippen LogP contribution in [-0.4, -0.2) is 14.7 Å². The Bertz CT molecular complexity index is 614. The van der Waals surface area contributed by atoms with Crippen molar-refractivity contribution in [1.82, 2.24) is 4.98 Å². The van der Waals surface area contributed by atoms with E-state index in [2.05, 4.69) is 20.9 Å². The zero-order valence-electron chi connectivity index (χ0n) is 10.5. The maximum atomic E-state index is 12.2. The first-order valence-corrected chi connectivity index (χ1v) is 7.74. The summed E-state index contributed by atoms with van der Waals surface area (Å²) in [5.41, 5.74) is 0.865. The van der Waals surface area contributed by atoms with Crippen LogP contribution in [-0.2, 0) is 4.74 Å². The minimum atomic E-state index is -1.80. The molecule has 1 aromatic carbocycles. The number of nitrogens with zero attached hydrogens (tertiary/aromatic N) is 1. The van der Waals surface area contributed by atoms with Crippen LogP contribution < -0.4 is 0 Å². The average molecular weight is 409 g/mol. The van der Waals surface area contributed by atoms with E-state index in [0.717, 1.165) is 4.47 Å². The summed E-state index contributed by atoms with van der Waals surface area (Å²) in [5, 5.41) is 0. The fourth-order valence-corrected chi connectivity index (χ4v) is 2.39. The van der Waals surface area contributed by atoms with Gasteiger partial charge in [-0.1, -0.05) is 56.8 Å². The smallest absolute Gasteiger partial charge is 0.338 e. The number of benzene rings is 1. The van der Waals surface area contributed by atoms with Crippen molar-refractivity contribution < 1.29 is 9.53 Å². The van der Waals surface area contributed by atoms with Crippen LogP contribution in [0.5, 0.6) is 0 Å². The quantitative estimate of drug-likeness (QED) is 0.522. The molecular weight excluding hydrogens is 400 g/mol. The molecule has 0 spiro atoms. The van der Waals surface area contributed by atoms with Gasteiger partial charge in [-0.25, -0.2) is 4.79 Å². The number of carbonyl (C=O) groups is 1. The molecule has 7 heteroatoms. The Hall–Kier alpha value is -0.810. The molecule has 0 aliphatic heterocycles. The normalized spacial score (nSPS) is 12.8. The lowest BCUT2D eigenvalue weighted by molar-refractivity contribution is 0.0304. The third kappa shape index (κ3) is 4.58. The van der Waals surface area contributed by atoms with Gasteiger partial charge in [-0.2, -0.15) is 0 Å². The Morgan fingerprint density at radius 2 is 1.86 bits per heavy atom. The highest BCUT2D eigenvalue weighted by Gasteiger charge is 2.37. The standard InChI is InChI=1S/C14H9BrCl3NO2/c15-11-5-3-9(4-6-11)13(20)21-12(14(16,17)18)10-2-1-7-19-8-10/h1-8,12H. The van der Waals surface area contributed by atoms with Crippen LogP contribution in [0.3, 0.4) is 0 Å². The van der Waals surface area contributed by atoms with Crippen LogP contribution in [0.2, 0.25) is 0 Å². The highest BCUT2D eigenvalue weighted by atomic mass is 79.9. The second-order valence-corrected chi connectivity index (χ2v) is 7.40. The largest absolute Gasteiger partial charge is 0.449 e. The summed E-state index contributed by atoms with van der Waals surface area (Å²) >= 11 is 21.0. The van der Waals surface area contributed by atoms with E-state index in [1.54, 1.807) is 42.6 Å². The highest BCUT2D eigenvalue weighted by Crippen LogP contribution is 2.42. The van der Waals surface area contributed by atoms with E-state index < -0.39 is 15.9 Å². The van der Waals surface area contributed by atoms with Crippen molar-refractivity contribution in [2.24, 2.45) is 0 Å². The fourth-order valence-electron chi connectivity index (χ4n) is 1.62. The number of rotatable bonds is 3. The van der Waals surface area contributed by atoms with Gasteiger partial charge in [-0.15, -0.1) is 0 Å². The minimum Gasteiger partial charge on any atom is -0.449 e. The molecule has 2 aromatic rings. The van der Waals surface area contributed by atoms with Gasteiger partial charge in [0.2, 0.25) is 3.79 Å². The van der Waals surface area contributed by atoms with Crippen LogP contribution in [0.25, 0.3) is 0 Å². The Morgan fingerprint density at radius 3 is 2.38 bits per heavy atom. The average Bonchev–Trinajstić information content (AvgIpc) is 2.45. The maximum Gasteiger partial charge on any atom is 0.338 e. The molecule has 0 amide bonds. The van der Waals surface area contributed by atoms with Crippen LogP contribution in [0.4, 0.5) is 0 Å². The van der Waals surface area contributed by atoms with Crippen LogP contribution in [0, 0.1) is 0 Å². The van der Waals surface area contributed by atoms with E-state index in [9.17, 15) is 4.79 Å². The van der Waals surface area contributed by atoms with E-state index in [4.69, 9.17) is 39.5 Å². The molecule has 0 radical (unpaired) electrons. The van der Waals surface area contributed by atoms with Crippen molar-refractivity contribution in [2.75, 3.05) is 0 Å². The summed E-state index contributed by atoms with van der Waals surface area (Å²) < 4.78 is 4.39. The zero-order chi connectivity index (χ0) is 15.5. The predicted molar refractivity (Wildman–Crippen MR) is 86.8 cm³/mol. The molecule has 0 fully saturated rings. The molecule has 2 rings (SSSR count). The second kappa shape index (κ2) is 6.97. The first-order chi connectivity index (χ1) is 9.88. The lowest BCUT2D eigenvalue weighted by atomic mass is 10.2. The van der Waals surface area contributed by atoms with Gasteiger partial charge in [-0.05, 0) is 30.3 Å². The van der Waals surface area contributed by atoms with Crippen molar-refractivity contribution in [3.63, 3.8) is 0 Å². The Kier molecular flexibility index (Phi) is 5.49. The maximum absolute atomic E-state index is 12.2. The number of hydrogen-bond acceptors (Lipinski definition) is 3. The molecule has 1 heterocycles. The van der Waals surface area contributed by atoms with Gasteiger partial charge in [-0.3, -0.25) is 4.98 Å². The van der Waals surface area contributed by atoms with Crippen molar-refractivity contribution in [2.45, 2.75) is 9.90 Å². The lowest BCUT2D eigenvalue weighted by Crippen LogP contribution is -2.23. The van der Waals surface area contributed by atoms with Crippen molar-refractivity contribution in [1.29, 1.82) is 0 Å². The third-order valence-corrected chi connectivity index (χ3v) is 3.71. The molecule has 0 bridgehead atoms. The van der Waals surface area contributed by atoms with Crippen molar-refractivity contribution in [3.8, 4) is 0 Å². The summed E-state index contributed by atoms with van der Waals surface area (Å²) in [4.78, 5) is 16.1. The Morgan fingerprint density at radius 1 is 1.19 bits per heavy atom. The van der Waals surface area contributed by atoms with E-state index in [-0.39, 0.29) is 0 Å². The molecule has 0 aliphatic rings. The zero-order valence-corrected chi connectivity index (χ0v) is 14.3. The second-order valence-electron chi connectivity index (χ2n) is 4.12. The molecule has 110 valence electrons. The molecule has 0 aliphatic carbocycles. The van der Waals surface area contributed by atoms with Crippen molar-refractivity contribution in [3.05, 3.63) is 64.4 Å². The van der Waals surface area contributed by atoms with Gasteiger partial charge in [0.25, 0.3) is 0 Å². The summed E-state index contributed by atoms with van der Waals surface area (Å²) in [6.07, 6.45) is 2.02. The van der Waals surface area contributed by atoms with E-state index in [1.165, 1.54) is 6.20 Å². The van der Waals surface area contributed by atoms with Gasteiger partial charge < -0.3 is 4.74 Å². The summed E-state index contributed by atoms with van der Waals surface area (Å²) in [6.45, 7) is 0. The summed E-state index contributed by atoms with van der Waals surface area (Å²) in [7, 11) is 0. The van der Waals surface area contributed by atoms with Crippen LogP contribution in [0.15, 0.2) is 53.3 Å². The van der Waals surface area contributed by atoms with Gasteiger partial charge in [0, 0.05) is 22.4 Å². The first kappa shape index (κ1) is 16.6. The van der Waals surface area contributed by atoms with Crippen molar-refractivity contribution >= 4 is 56.7 Å². The van der Waals surface area contributed by atoms with Crippen LogP contribution >= 0.6 is 50.7 Å². The number of esters is 1. The molecule has 21 heavy (non-hydrogen) atoms. The topological polar surface area (TPSA) is 39.2 Å². The molecule has 1 unspecified atom stereocenters. The molecule has 1 aromatic heterocycles. The van der Waals surface area contributed by atoms with Gasteiger partial charge in [0.05, 0.1) is 5.56 Å². The van der Waals surface area contributed by atoms with E-state index >= 15 is 0 Å². The van der Waals surface area contributed by atoms with Crippen LogP contribution in [0.1, 0.15) is 22.0 Å². The number of hydrogen-bond donors (Lipinski definition) is 0. The third-order valence-electron chi connectivity index (χ3n) is 2.59. The highest BCUT2D eigenvalue weighted by molar-refractivity contribution is 9.10.